The van der Waals surface area contributed by atoms with Crippen molar-refractivity contribution in [3.05, 3.63) is 60.2 Å². The van der Waals surface area contributed by atoms with Crippen molar-refractivity contribution in [1.29, 1.82) is 0 Å². The number of unbranched alkanes of at least 4 members (excludes halogenated alkanes) is 2. The van der Waals surface area contributed by atoms with Gasteiger partial charge >= 0.3 is 0 Å². The number of anilines is 2. The van der Waals surface area contributed by atoms with Crippen LogP contribution in [0.15, 0.2) is 54.6 Å². The molecule has 1 amide bonds. The maximum absolute atomic E-state index is 12.8. The molecule has 0 aliphatic carbocycles. The quantitative estimate of drug-likeness (QED) is 0.702. The van der Waals surface area contributed by atoms with E-state index >= 15 is 0 Å². The molecule has 2 aromatic rings. The number of amides is 1. The van der Waals surface area contributed by atoms with Gasteiger partial charge in [-0.25, -0.2) is 0 Å². The number of hydrogen-bond donors (Lipinski definition) is 1. The zero-order valence-corrected chi connectivity index (χ0v) is 15.2. The third-order valence-corrected chi connectivity index (χ3v) is 4.97. The van der Waals surface area contributed by atoms with Crippen molar-refractivity contribution in [2.75, 3.05) is 10.2 Å². The highest BCUT2D eigenvalue weighted by Gasteiger charge is 2.33. The Bertz CT molecular complexity index is 698. The minimum atomic E-state index is 0.199. The van der Waals surface area contributed by atoms with Crippen molar-refractivity contribution in [2.24, 2.45) is 0 Å². The number of benzene rings is 2. The Kier molecular flexibility index (Phi) is 5.75. The van der Waals surface area contributed by atoms with Gasteiger partial charge in [0.15, 0.2) is 0 Å². The standard InChI is InChI=1S/C22H28N2O/c1-3-4-6-15-22(25)24-17(2)16-20(19-13-9-10-14-21(19)24)23-18-11-7-5-8-12-18/h5,7-14,17,20,23H,3-4,6,15-16H2,1-2H3/t17-,20-/m1/s1. The molecule has 1 aliphatic heterocycles. The van der Waals surface area contributed by atoms with Crippen LogP contribution in [0.5, 0.6) is 0 Å². The van der Waals surface area contributed by atoms with Crippen LogP contribution in [0.4, 0.5) is 11.4 Å². The van der Waals surface area contributed by atoms with Crippen molar-refractivity contribution in [3.63, 3.8) is 0 Å². The smallest absolute Gasteiger partial charge is 0.227 e. The van der Waals surface area contributed by atoms with E-state index in [2.05, 4.69) is 49.5 Å². The van der Waals surface area contributed by atoms with Gasteiger partial charge < -0.3 is 10.2 Å². The average Bonchev–Trinajstić information content (AvgIpc) is 2.63. The van der Waals surface area contributed by atoms with E-state index in [1.807, 2.05) is 29.2 Å². The first-order valence-corrected chi connectivity index (χ1v) is 9.43. The number of nitrogens with one attached hydrogen (secondary N) is 1. The lowest BCUT2D eigenvalue weighted by atomic mass is 9.91. The molecular weight excluding hydrogens is 308 g/mol. The lowest BCUT2D eigenvalue weighted by Crippen LogP contribution is -2.44. The molecule has 0 saturated carbocycles. The van der Waals surface area contributed by atoms with E-state index in [0.717, 1.165) is 37.1 Å². The lowest BCUT2D eigenvalue weighted by molar-refractivity contribution is -0.119. The molecular formula is C22H28N2O. The van der Waals surface area contributed by atoms with Crippen LogP contribution in [0.3, 0.4) is 0 Å². The topological polar surface area (TPSA) is 32.3 Å². The van der Waals surface area contributed by atoms with E-state index < -0.39 is 0 Å². The summed E-state index contributed by atoms with van der Waals surface area (Å²) >= 11 is 0. The highest BCUT2D eigenvalue weighted by Crippen LogP contribution is 2.39. The minimum absolute atomic E-state index is 0.199. The third-order valence-electron chi connectivity index (χ3n) is 4.97. The largest absolute Gasteiger partial charge is 0.378 e. The second kappa shape index (κ2) is 8.19. The number of nitrogens with zero attached hydrogens (tertiary/aromatic N) is 1. The number of rotatable bonds is 6. The Balaban J connectivity index is 1.83. The summed E-state index contributed by atoms with van der Waals surface area (Å²) in [6.45, 7) is 4.33. The Morgan fingerprint density at radius 3 is 2.56 bits per heavy atom. The summed E-state index contributed by atoms with van der Waals surface area (Å²) in [5.74, 6) is 0.256. The van der Waals surface area contributed by atoms with Gasteiger partial charge in [-0.3, -0.25) is 4.79 Å². The zero-order chi connectivity index (χ0) is 17.6. The number of carbonyl (C=O) groups is 1. The van der Waals surface area contributed by atoms with Crippen molar-refractivity contribution in [2.45, 2.75) is 58.0 Å². The SMILES string of the molecule is CCCCCC(=O)N1c2ccccc2[C@H](Nc2ccccc2)C[C@H]1C. The first-order chi connectivity index (χ1) is 12.2. The van der Waals surface area contributed by atoms with Gasteiger partial charge in [0.2, 0.25) is 5.91 Å². The van der Waals surface area contributed by atoms with Crippen molar-refractivity contribution in [1.82, 2.24) is 0 Å². The molecule has 3 nitrogen and oxygen atoms in total. The monoisotopic (exact) mass is 336 g/mol. The molecule has 0 radical (unpaired) electrons. The van der Waals surface area contributed by atoms with Gasteiger partial charge in [-0.2, -0.15) is 0 Å². The number of hydrogen-bond acceptors (Lipinski definition) is 2. The summed E-state index contributed by atoms with van der Waals surface area (Å²) in [5.41, 5.74) is 3.40. The number of fused-ring (bicyclic) bond motifs is 1. The van der Waals surface area contributed by atoms with Crippen LogP contribution in [0.1, 0.15) is 57.6 Å². The van der Waals surface area contributed by atoms with E-state index in [-0.39, 0.29) is 18.0 Å². The zero-order valence-electron chi connectivity index (χ0n) is 15.2. The van der Waals surface area contributed by atoms with Crippen LogP contribution in [0.2, 0.25) is 0 Å². The maximum Gasteiger partial charge on any atom is 0.227 e. The highest BCUT2D eigenvalue weighted by atomic mass is 16.2. The van der Waals surface area contributed by atoms with Crippen LogP contribution in [-0.2, 0) is 4.79 Å². The van der Waals surface area contributed by atoms with Gasteiger partial charge in [0.1, 0.15) is 0 Å². The highest BCUT2D eigenvalue weighted by molar-refractivity contribution is 5.95. The van der Waals surface area contributed by atoms with Crippen molar-refractivity contribution < 1.29 is 4.79 Å². The Morgan fingerprint density at radius 2 is 1.80 bits per heavy atom. The molecule has 1 heterocycles. The Labute approximate surface area is 151 Å². The average molecular weight is 336 g/mol. The fourth-order valence-electron chi connectivity index (χ4n) is 3.71. The molecule has 0 spiro atoms. The predicted molar refractivity (Wildman–Crippen MR) is 105 cm³/mol. The van der Waals surface area contributed by atoms with Gasteiger partial charge in [-0.1, -0.05) is 56.2 Å². The summed E-state index contributed by atoms with van der Waals surface area (Å²) in [7, 11) is 0. The molecule has 0 fully saturated rings. The van der Waals surface area contributed by atoms with Crippen LogP contribution in [0.25, 0.3) is 0 Å². The first kappa shape index (κ1) is 17.5. The molecule has 0 saturated heterocycles. The summed E-state index contributed by atoms with van der Waals surface area (Å²) in [4.78, 5) is 14.8. The van der Waals surface area contributed by atoms with E-state index in [1.54, 1.807) is 0 Å². The Morgan fingerprint density at radius 1 is 1.08 bits per heavy atom. The lowest BCUT2D eigenvalue weighted by Gasteiger charge is -2.40. The normalized spacial score (nSPS) is 19.4. The van der Waals surface area contributed by atoms with Gasteiger partial charge in [0.05, 0.1) is 6.04 Å². The van der Waals surface area contributed by atoms with Gasteiger partial charge in [-0.05, 0) is 43.5 Å². The molecule has 3 rings (SSSR count). The number of carbonyl (C=O) groups excluding carboxylic acids is 1. The fraction of sp³-hybridized carbons (Fsp3) is 0.409. The van der Waals surface area contributed by atoms with Gasteiger partial charge in [-0.15, -0.1) is 0 Å². The van der Waals surface area contributed by atoms with E-state index in [0.29, 0.717) is 6.42 Å². The minimum Gasteiger partial charge on any atom is -0.378 e. The van der Waals surface area contributed by atoms with Crippen molar-refractivity contribution >= 4 is 17.3 Å². The molecule has 2 atom stereocenters. The van der Waals surface area contributed by atoms with E-state index in [9.17, 15) is 4.79 Å². The second-order valence-electron chi connectivity index (χ2n) is 6.93. The molecule has 2 aromatic carbocycles. The van der Waals surface area contributed by atoms with Crippen LogP contribution >= 0.6 is 0 Å². The van der Waals surface area contributed by atoms with Gasteiger partial charge in [0, 0.05) is 23.8 Å². The van der Waals surface area contributed by atoms with Gasteiger partial charge in [0.25, 0.3) is 0 Å². The third kappa shape index (κ3) is 4.04. The Hall–Kier alpha value is -2.29. The molecule has 1 aliphatic rings. The summed E-state index contributed by atoms with van der Waals surface area (Å²) in [6, 6.07) is 19.1. The molecule has 3 heteroatoms. The van der Waals surface area contributed by atoms with Crippen LogP contribution < -0.4 is 10.2 Å². The van der Waals surface area contributed by atoms with Crippen LogP contribution in [-0.4, -0.2) is 11.9 Å². The van der Waals surface area contributed by atoms with E-state index in [1.165, 1.54) is 5.56 Å². The molecule has 0 bridgehead atoms. The number of para-hydroxylation sites is 2. The predicted octanol–water partition coefficient (Wildman–Crippen LogP) is 5.55. The fourth-order valence-corrected chi connectivity index (χ4v) is 3.71. The van der Waals surface area contributed by atoms with E-state index in [4.69, 9.17) is 0 Å². The summed E-state index contributed by atoms with van der Waals surface area (Å²) in [6.07, 6.45) is 4.80. The van der Waals surface area contributed by atoms with Crippen molar-refractivity contribution in [3.8, 4) is 0 Å². The van der Waals surface area contributed by atoms with Crippen LogP contribution in [0, 0.1) is 0 Å². The molecule has 0 unspecified atom stereocenters. The summed E-state index contributed by atoms with van der Waals surface area (Å²) in [5, 5.41) is 3.64. The molecule has 0 aromatic heterocycles. The maximum atomic E-state index is 12.8. The molecule has 25 heavy (non-hydrogen) atoms. The first-order valence-electron chi connectivity index (χ1n) is 9.43. The molecule has 132 valence electrons. The second-order valence-corrected chi connectivity index (χ2v) is 6.93. The summed E-state index contributed by atoms with van der Waals surface area (Å²) < 4.78 is 0. The molecule has 1 N–H and O–H groups in total.